The molecule has 5 heteroatoms. The predicted molar refractivity (Wildman–Crippen MR) is 106 cm³/mol. The summed E-state index contributed by atoms with van der Waals surface area (Å²) in [6, 6.07) is 14.1. The Hall–Kier alpha value is -2.66. The molecule has 0 saturated carbocycles. The molecule has 0 spiro atoms. The van der Waals surface area contributed by atoms with E-state index in [9.17, 15) is 19.8 Å². The van der Waals surface area contributed by atoms with Gasteiger partial charge in [-0.05, 0) is 42.4 Å². The van der Waals surface area contributed by atoms with E-state index in [4.69, 9.17) is 0 Å². The van der Waals surface area contributed by atoms with Crippen molar-refractivity contribution in [2.24, 2.45) is 5.92 Å². The van der Waals surface area contributed by atoms with Gasteiger partial charge in [0.15, 0.2) is 0 Å². The third kappa shape index (κ3) is 6.22. The summed E-state index contributed by atoms with van der Waals surface area (Å²) in [7, 11) is 0. The predicted octanol–water partition coefficient (Wildman–Crippen LogP) is 3.75. The summed E-state index contributed by atoms with van der Waals surface area (Å²) >= 11 is 0. The molecule has 0 bridgehead atoms. The van der Waals surface area contributed by atoms with Crippen LogP contribution in [0.25, 0.3) is 11.1 Å². The first-order chi connectivity index (χ1) is 12.8. The summed E-state index contributed by atoms with van der Waals surface area (Å²) in [4.78, 5) is 23.0. The number of carboxylic acid groups (broad SMARTS) is 2. The van der Waals surface area contributed by atoms with Crippen LogP contribution >= 0.6 is 0 Å². The standard InChI is InChI=1S/C22H27NO4/c1-14(2)12-19(21(24)25)23-20(22(26)27)13-16-6-10-18(11-7-16)17-8-4-15(3)5-9-17/h4-11,14,19-20,23H,12-13H2,1-3H3,(H,24,25)(H,26,27)/t19-,20-/m0/s1. The number of carboxylic acids is 2. The number of rotatable bonds is 9. The Balaban J connectivity index is 2.10. The van der Waals surface area contributed by atoms with E-state index in [-0.39, 0.29) is 12.3 Å². The van der Waals surface area contributed by atoms with Crippen LogP contribution in [0.3, 0.4) is 0 Å². The molecule has 0 saturated heterocycles. The van der Waals surface area contributed by atoms with Crippen molar-refractivity contribution in [1.82, 2.24) is 5.32 Å². The number of aryl methyl sites for hydroxylation is 1. The molecule has 3 N–H and O–H groups in total. The molecular weight excluding hydrogens is 342 g/mol. The first-order valence-corrected chi connectivity index (χ1v) is 9.14. The normalized spacial score (nSPS) is 13.3. The minimum absolute atomic E-state index is 0.154. The second-order valence-corrected chi connectivity index (χ2v) is 7.34. The highest BCUT2D eigenvalue weighted by molar-refractivity contribution is 5.77. The van der Waals surface area contributed by atoms with E-state index in [0.29, 0.717) is 6.42 Å². The average Bonchev–Trinajstić information content (AvgIpc) is 2.61. The number of benzene rings is 2. The largest absolute Gasteiger partial charge is 0.480 e. The van der Waals surface area contributed by atoms with Crippen molar-refractivity contribution < 1.29 is 19.8 Å². The van der Waals surface area contributed by atoms with Crippen LogP contribution in [-0.4, -0.2) is 34.2 Å². The van der Waals surface area contributed by atoms with Crippen LogP contribution in [-0.2, 0) is 16.0 Å². The Bertz CT molecular complexity index is 766. The molecule has 2 atom stereocenters. The SMILES string of the molecule is Cc1ccc(-c2ccc(C[C@H](N[C@@H](CC(C)C)C(=O)O)C(=O)O)cc2)cc1. The molecule has 27 heavy (non-hydrogen) atoms. The van der Waals surface area contributed by atoms with Crippen LogP contribution in [0.2, 0.25) is 0 Å². The van der Waals surface area contributed by atoms with Gasteiger partial charge in [0.2, 0.25) is 0 Å². The lowest BCUT2D eigenvalue weighted by atomic mass is 9.98. The van der Waals surface area contributed by atoms with Crippen molar-refractivity contribution in [3.8, 4) is 11.1 Å². The number of hydrogen-bond donors (Lipinski definition) is 3. The maximum absolute atomic E-state index is 11.6. The fourth-order valence-corrected chi connectivity index (χ4v) is 2.99. The Morgan fingerprint density at radius 2 is 1.33 bits per heavy atom. The van der Waals surface area contributed by atoms with Crippen LogP contribution in [0.1, 0.15) is 31.4 Å². The minimum atomic E-state index is -1.05. The van der Waals surface area contributed by atoms with Crippen molar-refractivity contribution in [3.05, 3.63) is 59.7 Å². The molecule has 0 fully saturated rings. The lowest BCUT2D eigenvalue weighted by molar-refractivity contribution is -0.142. The zero-order chi connectivity index (χ0) is 20.0. The highest BCUT2D eigenvalue weighted by atomic mass is 16.4. The Morgan fingerprint density at radius 1 is 0.852 bits per heavy atom. The molecule has 0 aliphatic heterocycles. The van der Waals surface area contributed by atoms with Crippen molar-refractivity contribution in [2.45, 2.75) is 45.7 Å². The Morgan fingerprint density at radius 3 is 1.78 bits per heavy atom. The number of nitrogens with one attached hydrogen (secondary N) is 1. The van der Waals surface area contributed by atoms with Gasteiger partial charge in [-0.1, -0.05) is 67.9 Å². The number of aliphatic carboxylic acids is 2. The summed E-state index contributed by atoms with van der Waals surface area (Å²) < 4.78 is 0. The van der Waals surface area contributed by atoms with E-state index < -0.39 is 24.0 Å². The number of carbonyl (C=O) groups is 2. The molecule has 2 rings (SSSR count). The Kier molecular flexibility index (Phi) is 7.13. The van der Waals surface area contributed by atoms with Gasteiger partial charge in [-0.15, -0.1) is 0 Å². The summed E-state index contributed by atoms with van der Waals surface area (Å²) in [6.07, 6.45) is 0.608. The van der Waals surface area contributed by atoms with Gasteiger partial charge in [0.25, 0.3) is 0 Å². The molecule has 2 aromatic carbocycles. The van der Waals surface area contributed by atoms with E-state index in [2.05, 4.69) is 17.4 Å². The highest BCUT2D eigenvalue weighted by Crippen LogP contribution is 2.21. The first kappa shape index (κ1) is 20.6. The van der Waals surface area contributed by atoms with Crippen LogP contribution < -0.4 is 5.32 Å². The average molecular weight is 369 g/mol. The molecule has 0 amide bonds. The third-order valence-corrected chi connectivity index (χ3v) is 4.48. The second kappa shape index (κ2) is 9.33. The monoisotopic (exact) mass is 369 g/mol. The zero-order valence-electron chi connectivity index (χ0n) is 16.0. The molecule has 2 aromatic rings. The fraction of sp³-hybridized carbons (Fsp3) is 0.364. The van der Waals surface area contributed by atoms with Crippen molar-refractivity contribution in [3.63, 3.8) is 0 Å². The summed E-state index contributed by atoms with van der Waals surface area (Å²) in [5, 5.41) is 21.6. The van der Waals surface area contributed by atoms with Gasteiger partial charge in [0.05, 0.1) is 0 Å². The summed E-state index contributed by atoms with van der Waals surface area (Å²) in [6.45, 7) is 5.87. The van der Waals surface area contributed by atoms with Gasteiger partial charge in [0, 0.05) is 0 Å². The lowest BCUT2D eigenvalue weighted by Gasteiger charge is -2.22. The quantitative estimate of drug-likeness (QED) is 0.627. The highest BCUT2D eigenvalue weighted by Gasteiger charge is 2.26. The van der Waals surface area contributed by atoms with E-state index in [1.165, 1.54) is 5.56 Å². The third-order valence-electron chi connectivity index (χ3n) is 4.48. The van der Waals surface area contributed by atoms with Crippen molar-refractivity contribution in [2.75, 3.05) is 0 Å². The summed E-state index contributed by atoms with van der Waals surface area (Å²) in [5.41, 5.74) is 4.20. The molecule has 0 radical (unpaired) electrons. The number of hydrogen-bond acceptors (Lipinski definition) is 3. The topological polar surface area (TPSA) is 86.6 Å². The fourth-order valence-electron chi connectivity index (χ4n) is 2.99. The maximum atomic E-state index is 11.6. The van der Waals surface area contributed by atoms with Gasteiger partial charge < -0.3 is 10.2 Å². The van der Waals surface area contributed by atoms with E-state index >= 15 is 0 Å². The van der Waals surface area contributed by atoms with E-state index in [1.807, 2.05) is 57.2 Å². The molecular formula is C22H27NO4. The van der Waals surface area contributed by atoms with Gasteiger partial charge >= 0.3 is 11.9 Å². The summed E-state index contributed by atoms with van der Waals surface area (Å²) in [5.74, 6) is -1.92. The van der Waals surface area contributed by atoms with Crippen molar-refractivity contribution in [1.29, 1.82) is 0 Å². The van der Waals surface area contributed by atoms with Gasteiger partial charge in [-0.25, -0.2) is 0 Å². The molecule has 5 nitrogen and oxygen atoms in total. The molecule has 144 valence electrons. The minimum Gasteiger partial charge on any atom is -0.480 e. The molecule has 0 heterocycles. The van der Waals surface area contributed by atoms with Crippen LogP contribution in [0.5, 0.6) is 0 Å². The van der Waals surface area contributed by atoms with E-state index in [0.717, 1.165) is 16.7 Å². The van der Waals surface area contributed by atoms with E-state index in [1.54, 1.807) is 0 Å². The van der Waals surface area contributed by atoms with Crippen LogP contribution in [0.4, 0.5) is 0 Å². The van der Waals surface area contributed by atoms with Crippen LogP contribution in [0, 0.1) is 12.8 Å². The van der Waals surface area contributed by atoms with Gasteiger partial charge in [-0.2, -0.15) is 0 Å². The molecule has 0 aliphatic carbocycles. The molecule has 0 aromatic heterocycles. The van der Waals surface area contributed by atoms with Gasteiger partial charge in [0.1, 0.15) is 12.1 Å². The van der Waals surface area contributed by atoms with Gasteiger partial charge in [-0.3, -0.25) is 14.9 Å². The second-order valence-electron chi connectivity index (χ2n) is 7.34. The lowest BCUT2D eigenvalue weighted by Crippen LogP contribution is -2.48. The van der Waals surface area contributed by atoms with Crippen LogP contribution in [0.15, 0.2) is 48.5 Å². The molecule has 0 aliphatic rings. The zero-order valence-corrected chi connectivity index (χ0v) is 16.0. The smallest absolute Gasteiger partial charge is 0.321 e. The Labute approximate surface area is 160 Å². The molecule has 0 unspecified atom stereocenters. The maximum Gasteiger partial charge on any atom is 0.321 e. The van der Waals surface area contributed by atoms with Crippen molar-refractivity contribution >= 4 is 11.9 Å². The first-order valence-electron chi connectivity index (χ1n) is 9.14.